The lowest BCUT2D eigenvalue weighted by atomic mass is 10.0. The standard InChI is InChI=1S/C21H19F3N2O4/c22-12-3-1-11(2-4-12)19-14(15-7-13(23)8-16(24)20(15)26-19)5-6-30-21(28)25-17-9-29-10-18(17)27/h1-4,7-8,17-18,26-27H,5-6,9-10H2,(H,25,28)/t17-,18-/m0/s1. The molecule has 1 aliphatic heterocycles. The van der Waals surface area contributed by atoms with Gasteiger partial charge in [-0.25, -0.2) is 18.0 Å². The lowest BCUT2D eigenvalue weighted by Crippen LogP contribution is -2.42. The average molecular weight is 420 g/mol. The van der Waals surface area contributed by atoms with Crippen molar-refractivity contribution in [1.29, 1.82) is 0 Å². The first-order valence-electron chi connectivity index (χ1n) is 9.37. The van der Waals surface area contributed by atoms with E-state index < -0.39 is 35.7 Å². The molecular weight excluding hydrogens is 401 g/mol. The van der Waals surface area contributed by atoms with E-state index in [-0.39, 0.29) is 31.8 Å². The van der Waals surface area contributed by atoms with Crippen molar-refractivity contribution >= 4 is 17.0 Å². The summed E-state index contributed by atoms with van der Waals surface area (Å²) in [4.78, 5) is 14.9. The van der Waals surface area contributed by atoms with Gasteiger partial charge < -0.3 is 24.9 Å². The fourth-order valence-corrected chi connectivity index (χ4v) is 3.52. The number of amides is 1. The number of H-pyrrole nitrogens is 1. The quantitative estimate of drug-likeness (QED) is 0.592. The number of nitrogens with one attached hydrogen (secondary N) is 2. The molecule has 0 aliphatic carbocycles. The Morgan fingerprint density at radius 1 is 1.17 bits per heavy atom. The average Bonchev–Trinajstić information content (AvgIpc) is 3.26. The maximum Gasteiger partial charge on any atom is 0.407 e. The van der Waals surface area contributed by atoms with Gasteiger partial charge in [-0.05, 0) is 41.5 Å². The van der Waals surface area contributed by atoms with Crippen molar-refractivity contribution in [3.8, 4) is 11.3 Å². The molecular formula is C21H19F3N2O4. The van der Waals surface area contributed by atoms with Crippen LogP contribution in [0, 0.1) is 17.5 Å². The number of fused-ring (bicyclic) bond motifs is 1. The van der Waals surface area contributed by atoms with E-state index >= 15 is 0 Å². The highest BCUT2D eigenvalue weighted by Crippen LogP contribution is 2.33. The van der Waals surface area contributed by atoms with Crippen molar-refractivity contribution in [3.05, 3.63) is 59.4 Å². The van der Waals surface area contributed by atoms with E-state index in [1.54, 1.807) is 0 Å². The predicted octanol–water partition coefficient (Wildman–Crippen LogP) is 3.28. The van der Waals surface area contributed by atoms with Gasteiger partial charge in [0, 0.05) is 23.6 Å². The molecule has 1 aromatic heterocycles. The van der Waals surface area contributed by atoms with Gasteiger partial charge in [0.15, 0.2) is 0 Å². The second-order valence-corrected chi connectivity index (χ2v) is 7.04. The Kier molecular flexibility index (Phi) is 5.65. The van der Waals surface area contributed by atoms with Gasteiger partial charge in [-0.15, -0.1) is 0 Å². The second kappa shape index (κ2) is 8.37. The Balaban J connectivity index is 1.56. The monoisotopic (exact) mass is 420 g/mol. The van der Waals surface area contributed by atoms with Crippen LogP contribution >= 0.6 is 0 Å². The molecule has 3 aromatic rings. The number of aromatic amines is 1. The van der Waals surface area contributed by atoms with Crippen molar-refractivity contribution in [1.82, 2.24) is 10.3 Å². The maximum absolute atomic E-state index is 14.3. The largest absolute Gasteiger partial charge is 0.449 e. The summed E-state index contributed by atoms with van der Waals surface area (Å²) in [5.41, 5.74) is 1.71. The molecule has 9 heteroatoms. The van der Waals surface area contributed by atoms with Crippen LogP contribution in [0.1, 0.15) is 5.56 Å². The number of benzene rings is 2. The van der Waals surface area contributed by atoms with E-state index in [2.05, 4.69) is 10.3 Å². The molecule has 6 nitrogen and oxygen atoms in total. The minimum atomic E-state index is -0.804. The zero-order chi connectivity index (χ0) is 21.3. The zero-order valence-corrected chi connectivity index (χ0v) is 15.8. The van der Waals surface area contributed by atoms with Gasteiger partial charge in [-0.2, -0.15) is 0 Å². The molecule has 2 atom stereocenters. The first kappa shape index (κ1) is 20.2. The first-order valence-corrected chi connectivity index (χ1v) is 9.37. The third-order valence-corrected chi connectivity index (χ3v) is 5.00. The van der Waals surface area contributed by atoms with Crippen molar-refractivity contribution in [3.63, 3.8) is 0 Å². The van der Waals surface area contributed by atoms with Gasteiger partial charge in [-0.1, -0.05) is 0 Å². The van der Waals surface area contributed by atoms with Gasteiger partial charge >= 0.3 is 6.09 Å². The van der Waals surface area contributed by atoms with Crippen LogP contribution in [0.15, 0.2) is 36.4 Å². The summed E-state index contributed by atoms with van der Waals surface area (Å²) in [7, 11) is 0. The summed E-state index contributed by atoms with van der Waals surface area (Å²) in [5.74, 6) is -1.92. The molecule has 158 valence electrons. The number of aliphatic hydroxyl groups excluding tert-OH is 1. The summed E-state index contributed by atoms with van der Waals surface area (Å²) in [6.45, 7) is 0.249. The lowest BCUT2D eigenvalue weighted by molar-refractivity contribution is 0.115. The van der Waals surface area contributed by atoms with E-state index in [9.17, 15) is 23.1 Å². The summed E-state index contributed by atoms with van der Waals surface area (Å²) in [5, 5.41) is 12.5. The van der Waals surface area contributed by atoms with E-state index in [0.29, 0.717) is 22.2 Å². The fraction of sp³-hybridized carbons (Fsp3) is 0.286. The SMILES string of the molecule is O=C(N[C@H]1COC[C@@H]1O)OCCc1c(-c2ccc(F)cc2)[nH]c2c(F)cc(F)cc12. The van der Waals surface area contributed by atoms with Crippen molar-refractivity contribution in [2.45, 2.75) is 18.6 Å². The van der Waals surface area contributed by atoms with Crippen LogP contribution in [0.2, 0.25) is 0 Å². The summed E-state index contributed by atoms with van der Waals surface area (Å²) in [6, 6.07) is 6.99. The highest BCUT2D eigenvalue weighted by Gasteiger charge is 2.28. The molecule has 1 aliphatic rings. The number of hydrogen-bond acceptors (Lipinski definition) is 4. The topological polar surface area (TPSA) is 83.6 Å². The third-order valence-electron chi connectivity index (χ3n) is 5.00. The molecule has 3 N–H and O–H groups in total. The lowest BCUT2D eigenvalue weighted by Gasteiger charge is -2.14. The number of rotatable bonds is 5. The number of carbonyl (C=O) groups excluding carboxylic acids is 1. The van der Waals surface area contributed by atoms with Crippen LogP contribution in [0.3, 0.4) is 0 Å². The normalized spacial score (nSPS) is 18.7. The number of alkyl carbamates (subject to hydrolysis) is 1. The number of halogens is 3. The number of hydrogen-bond donors (Lipinski definition) is 3. The van der Waals surface area contributed by atoms with Crippen LogP contribution in [0.25, 0.3) is 22.2 Å². The number of carbonyl (C=O) groups is 1. The predicted molar refractivity (Wildman–Crippen MR) is 102 cm³/mol. The second-order valence-electron chi connectivity index (χ2n) is 7.04. The molecule has 1 amide bonds. The summed E-state index contributed by atoms with van der Waals surface area (Å²) < 4.78 is 51.6. The Morgan fingerprint density at radius 3 is 2.63 bits per heavy atom. The molecule has 4 rings (SSSR count). The zero-order valence-electron chi connectivity index (χ0n) is 15.8. The number of aliphatic hydroxyl groups is 1. The van der Waals surface area contributed by atoms with Crippen LogP contribution in [0.4, 0.5) is 18.0 Å². The summed E-state index contributed by atoms with van der Waals surface area (Å²) in [6.07, 6.45) is -1.38. The highest BCUT2D eigenvalue weighted by atomic mass is 19.1. The minimum Gasteiger partial charge on any atom is -0.449 e. The minimum absolute atomic E-state index is 0.0746. The van der Waals surface area contributed by atoms with Crippen molar-refractivity contribution < 1.29 is 32.5 Å². The Labute approximate surface area is 169 Å². The van der Waals surface area contributed by atoms with Gasteiger partial charge in [0.25, 0.3) is 0 Å². The van der Waals surface area contributed by atoms with E-state index in [4.69, 9.17) is 9.47 Å². The molecule has 1 saturated heterocycles. The Morgan fingerprint density at radius 2 is 1.93 bits per heavy atom. The van der Waals surface area contributed by atoms with E-state index in [0.717, 1.165) is 6.07 Å². The fourth-order valence-electron chi connectivity index (χ4n) is 3.52. The number of aromatic nitrogens is 1. The molecule has 30 heavy (non-hydrogen) atoms. The van der Waals surface area contributed by atoms with E-state index in [1.165, 1.54) is 30.3 Å². The Hall–Kier alpha value is -3.04. The van der Waals surface area contributed by atoms with Crippen molar-refractivity contribution in [2.24, 2.45) is 0 Å². The maximum atomic E-state index is 14.3. The van der Waals surface area contributed by atoms with E-state index in [1.807, 2.05) is 0 Å². The smallest absolute Gasteiger partial charge is 0.407 e. The molecule has 1 fully saturated rings. The van der Waals surface area contributed by atoms with Gasteiger partial charge in [0.2, 0.25) is 0 Å². The van der Waals surface area contributed by atoms with Crippen LogP contribution in [-0.2, 0) is 15.9 Å². The van der Waals surface area contributed by atoms with Crippen LogP contribution < -0.4 is 5.32 Å². The summed E-state index contributed by atoms with van der Waals surface area (Å²) >= 11 is 0. The molecule has 0 unspecified atom stereocenters. The molecule has 2 heterocycles. The first-order chi connectivity index (χ1) is 14.4. The number of ether oxygens (including phenoxy) is 2. The molecule has 2 aromatic carbocycles. The third kappa shape index (κ3) is 4.12. The van der Waals surface area contributed by atoms with Gasteiger partial charge in [-0.3, -0.25) is 0 Å². The van der Waals surface area contributed by atoms with Crippen LogP contribution in [-0.4, -0.2) is 48.2 Å². The molecule has 0 spiro atoms. The van der Waals surface area contributed by atoms with Gasteiger partial charge in [0.05, 0.1) is 37.5 Å². The molecule has 0 saturated carbocycles. The van der Waals surface area contributed by atoms with Crippen molar-refractivity contribution in [2.75, 3.05) is 19.8 Å². The Bertz CT molecular complexity index is 1070. The molecule has 0 bridgehead atoms. The molecule has 0 radical (unpaired) electrons. The van der Waals surface area contributed by atoms with Crippen LogP contribution in [0.5, 0.6) is 0 Å². The highest BCUT2D eigenvalue weighted by molar-refractivity contribution is 5.91. The van der Waals surface area contributed by atoms with Gasteiger partial charge in [0.1, 0.15) is 17.5 Å².